The first-order chi connectivity index (χ1) is 16.4. The quantitative estimate of drug-likeness (QED) is 0.545. The summed E-state index contributed by atoms with van der Waals surface area (Å²) >= 11 is 7.76. The number of cyclic esters (lactones) is 1. The molecule has 1 amide bonds. The lowest BCUT2D eigenvalue weighted by molar-refractivity contribution is 0.0565. The van der Waals surface area contributed by atoms with E-state index in [4.69, 9.17) is 21.3 Å². The third-order valence-corrected chi connectivity index (χ3v) is 6.46. The highest BCUT2D eigenvalue weighted by Crippen LogP contribution is 2.44. The van der Waals surface area contributed by atoms with Crippen LogP contribution >= 0.6 is 22.9 Å². The summed E-state index contributed by atoms with van der Waals surface area (Å²) in [6, 6.07) is 3.18. The van der Waals surface area contributed by atoms with E-state index in [9.17, 15) is 18.0 Å². The van der Waals surface area contributed by atoms with Crippen molar-refractivity contribution >= 4 is 40.4 Å². The van der Waals surface area contributed by atoms with E-state index in [-0.39, 0.29) is 24.7 Å². The van der Waals surface area contributed by atoms with Crippen LogP contribution in [0.3, 0.4) is 0 Å². The number of ether oxygens (including phenoxy) is 1. The largest absolute Gasteiger partial charge is 0.449 e. The van der Waals surface area contributed by atoms with Gasteiger partial charge in [0.05, 0.1) is 19.5 Å². The Hall–Kier alpha value is -3.38. The fourth-order valence-corrected chi connectivity index (χ4v) is 4.83. The third-order valence-electron chi connectivity index (χ3n) is 5.36. The molecule has 4 heterocycles. The lowest BCUT2D eigenvalue weighted by atomic mass is 9.90. The fourth-order valence-electron chi connectivity index (χ4n) is 3.92. The van der Waals surface area contributed by atoms with E-state index in [0.717, 1.165) is 0 Å². The maximum absolute atomic E-state index is 13.8. The summed E-state index contributed by atoms with van der Waals surface area (Å²) in [4.78, 5) is 22.9. The molecule has 0 radical (unpaired) electrons. The predicted octanol–water partition coefficient (Wildman–Crippen LogP) is 4.83. The number of hydrogen-bond acceptors (Lipinski definition) is 7. The molecule has 34 heavy (non-hydrogen) atoms. The number of amides is 1. The van der Waals surface area contributed by atoms with Crippen LogP contribution in [0.5, 0.6) is 0 Å². The summed E-state index contributed by atoms with van der Waals surface area (Å²) < 4.78 is 46.2. The van der Waals surface area contributed by atoms with Gasteiger partial charge in [-0.1, -0.05) is 17.7 Å². The average molecular weight is 509 g/mol. The summed E-state index contributed by atoms with van der Waals surface area (Å²) in [5.41, 5.74) is 2.08. The van der Waals surface area contributed by atoms with Crippen molar-refractivity contribution < 1.29 is 22.7 Å². The minimum atomic E-state index is -2.83. The number of carbonyl (C=O) groups excluding carboxylic acids is 1. The molecule has 0 spiro atoms. The highest BCUT2D eigenvalue weighted by Gasteiger charge is 2.36. The van der Waals surface area contributed by atoms with Gasteiger partial charge in [0.15, 0.2) is 10.8 Å². The van der Waals surface area contributed by atoms with Crippen LogP contribution < -0.4 is 5.32 Å². The van der Waals surface area contributed by atoms with E-state index < -0.39 is 24.5 Å². The van der Waals surface area contributed by atoms with Gasteiger partial charge in [-0.05, 0) is 17.7 Å². The molecule has 1 N–H and O–H groups in total. The molecule has 5 rings (SSSR count). The normalized spacial score (nSPS) is 18.7. The van der Waals surface area contributed by atoms with E-state index in [1.807, 2.05) is 0 Å². The standard InChI is InChI=1S/C21H16ClF3N6O2S/c22-14-7-12(23)1-2-13(14)17-16(11-8-28-31(9-11)20(24)25)15-3-5-33-21(32)27-10-30(15)18(29-17)19-26-4-6-34-19/h1-2,4,6-9,17,20H,3,5,10H2,(H,27,32)/t17-/m0/s1. The molecule has 2 aliphatic heterocycles. The smallest absolute Gasteiger partial charge is 0.408 e. The SMILES string of the molecule is O=C1NCN2C(c3nccs3)=N[C@@H](c3ccc(F)cc3Cl)C(c3cnn(C(F)F)c3)=C2CCO1. The van der Waals surface area contributed by atoms with Gasteiger partial charge < -0.3 is 15.0 Å². The van der Waals surface area contributed by atoms with Crippen molar-refractivity contribution in [3.05, 3.63) is 74.8 Å². The molecular weight excluding hydrogens is 493 g/mol. The Morgan fingerprint density at radius 3 is 2.88 bits per heavy atom. The first kappa shape index (κ1) is 22.4. The van der Waals surface area contributed by atoms with E-state index in [0.29, 0.717) is 37.9 Å². The van der Waals surface area contributed by atoms with Gasteiger partial charge in [-0.3, -0.25) is 4.99 Å². The van der Waals surface area contributed by atoms with Gasteiger partial charge in [0, 0.05) is 46.1 Å². The van der Waals surface area contributed by atoms with Crippen molar-refractivity contribution in [3.63, 3.8) is 0 Å². The number of fused-ring (bicyclic) bond motifs is 1. The monoisotopic (exact) mass is 508 g/mol. The molecule has 1 aromatic carbocycles. The second kappa shape index (κ2) is 9.11. The summed E-state index contributed by atoms with van der Waals surface area (Å²) in [5, 5.41) is 8.94. The highest BCUT2D eigenvalue weighted by atomic mass is 35.5. The van der Waals surface area contributed by atoms with Crippen molar-refractivity contribution in [2.24, 2.45) is 4.99 Å². The molecule has 2 aliphatic rings. The molecule has 176 valence electrons. The number of nitrogens with one attached hydrogen (secondary N) is 1. The summed E-state index contributed by atoms with van der Waals surface area (Å²) in [6.07, 6.45) is 3.84. The van der Waals surface area contributed by atoms with Gasteiger partial charge in [-0.25, -0.2) is 18.9 Å². The fraction of sp³-hybridized carbons (Fsp3) is 0.238. The Morgan fingerprint density at radius 2 is 2.18 bits per heavy atom. The van der Waals surface area contributed by atoms with Crippen LogP contribution in [0.4, 0.5) is 18.0 Å². The van der Waals surface area contributed by atoms with Crippen molar-refractivity contribution in [2.75, 3.05) is 13.3 Å². The number of hydrogen-bond donors (Lipinski definition) is 1. The van der Waals surface area contributed by atoms with Crippen molar-refractivity contribution in [1.82, 2.24) is 25.0 Å². The Morgan fingerprint density at radius 1 is 1.32 bits per heavy atom. The number of thiazole rings is 1. The summed E-state index contributed by atoms with van der Waals surface area (Å²) in [6.45, 7) is -2.77. The minimum absolute atomic E-state index is 0.0168. The van der Waals surface area contributed by atoms with Crippen LogP contribution in [0.15, 0.2) is 52.9 Å². The van der Waals surface area contributed by atoms with Crippen molar-refractivity contribution in [1.29, 1.82) is 0 Å². The van der Waals surface area contributed by atoms with Crippen LogP contribution in [0.1, 0.15) is 35.1 Å². The lowest BCUT2D eigenvalue weighted by Gasteiger charge is -2.37. The summed E-state index contributed by atoms with van der Waals surface area (Å²) in [5.74, 6) is -0.0558. The molecule has 0 bridgehead atoms. The topological polar surface area (TPSA) is 84.6 Å². The molecule has 13 heteroatoms. The maximum Gasteiger partial charge on any atom is 0.408 e. The molecule has 2 aromatic heterocycles. The Bertz CT molecular complexity index is 1290. The lowest BCUT2D eigenvalue weighted by Crippen LogP contribution is -2.45. The predicted molar refractivity (Wildman–Crippen MR) is 119 cm³/mol. The zero-order chi connectivity index (χ0) is 23.8. The number of aliphatic imine (C=N–C) groups is 1. The van der Waals surface area contributed by atoms with Gasteiger partial charge >= 0.3 is 12.6 Å². The second-order valence-electron chi connectivity index (χ2n) is 7.35. The van der Waals surface area contributed by atoms with E-state index in [1.54, 1.807) is 16.5 Å². The zero-order valence-corrected chi connectivity index (χ0v) is 18.9. The number of benzene rings is 1. The van der Waals surface area contributed by atoms with Crippen LogP contribution in [-0.4, -0.2) is 44.9 Å². The first-order valence-corrected chi connectivity index (χ1v) is 11.3. The number of alkyl carbamates (subject to hydrolysis) is 1. The molecule has 1 fully saturated rings. The second-order valence-corrected chi connectivity index (χ2v) is 8.66. The molecular formula is C21H16ClF3N6O2S. The van der Waals surface area contributed by atoms with Crippen LogP contribution in [0.25, 0.3) is 5.57 Å². The molecule has 0 aliphatic carbocycles. The van der Waals surface area contributed by atoms with E-state index in [1.165, 1.54) is 41.9 Å². The zero-order valence-electron chi connectivity index (χ0n) is 17.3. The van der Waals surface area contributed by atoms with Crippen LogP contribution in [0.2, 0.25) is 5.02 Å². The number of rotatable bonds is 4. The van der Waals surface area contributed by atoms with E-state index in [2.05, 4.69) is 15.4 Å². The number of halogens is 4. The van der Waals surface area contributed by atoms with Crippen LogP contribution in [0, 0.1) is 5.82 Å². The first-order valence-electron chi connectivity index (χ1n) is 10.1. The molecule has 1 atom stereocenters. The Kier molecular flexibility index (Phi) is 6.00. The van der Waals surface area contributed by atoms with Crippen molar-refractivity contribution in [2.45, 2.75) is 19.0 Å². The average Bonchev–Trinajstić information content (AvgIpc) is 3.48. The molecule has 3 aromatic rings. The van der Waals surface area contributed by atoms with Crippen molar-refractivity contribution in [3.8, 4) is 0 Å². The third kappa shape index (κ3) is 4.14. The molecule has 0 saturated carbocycles. The van der Waals surface area contributed by atoms with Gasteiger partial charge in [0.2, 0.25) is 0 Å². The van der Waals surface area contributed by atoms with Gasteiger partial charge in [-0.15, -0.1) is 11.3 Å². The van der Waals surface area contributed by atoms with Gasteiger partial charge in [-0.2, -0.15) is 13.9 Å². The number of nitrogens with zero attached hydrogens (tertiary/aromatic N) is 5. The van der Waals surface area contributed by atoms with Gasteiger partial charge in [0.1, 0.15) is 11.9 Å². The number of carbonyl (C=O) groups is 1. The Labute approximate surface area is 200 Å². The van der Waals surface area contributed by atoms with Crippen LogP contribution in [-0.2, 0) is 4.74 Å². The maximum atomic E-state index is 13.8. The summed E-state index contributed by atoms with van der Waals surface area (Å²) in [7, 11) is 0. The molecule has 1 saturated heterocycles. The highest BCUT2D eigenvalue weighted by molar-refractivity contribution is 7.11. The Balaban J connectivity index is 1.74. The molecule has 0 unspecified atom stereocenters. The minimum Gasteiger partial charge on any atom is -0.449 e. The number of aromatic nitrogens is 3. The number of amidine groups is 1. The van der Waals surface area contributed by atoms with Gasteiger partial charge in [0.25, 0.3) is 0 Å². The molecule has 8 nitrogen and oxygen atoms in total. The van der Waals surface area contributed by atoms with E-state index >= 15 is 0 Å². The number of alkyl halides is 2.